The van der Waals surface area contributed by atoms with Gasteiger partial charge in [-0.2, -0.15) is 0 Å². The number of halogens is 2. The Morgan fingerprint density at radius 3 is 2.77 bits per heavy atom. The summed E-state index contributed by atoms with van der Waals surface area (Å²) in [6, 6.07) is 13.2. The number of fused-ring (bicyclic) bond motifs is 1. The number of hydrogen-bond donors (Lipinski definition) is 1. The molecule has 0 aliphatic carbocycles. The summed E-state index contributed by atoms with van der Waals surface area (Å²) in [4.78, 5) is 28.8. The van der Waals surface area contributed by atoms with E-state index >= 15 is 0 Å². The van der Waals surface area contributed by atoms with Gasteiger partial charge in [0.05, 0.1) is 27.4 Å². The number of anilines is 1. The molecule has 0 saturated heterocycles. The Kier molecular flexibility index (Phi) is 5.76. The lowest BCUT2D eigenvalue weighted by atomic mass is 10.2. The summed E-state index contributed by atoms with van der Waals surface area (Å²) in [5, 5.41) is 4.07. The number of benzene rings is 2. The topological polar surface area (TPSA) is 81.4 Å². The molecule has 0 aliphatic rings. The summed E-state index contributed by atoms with van der Waals surface area (Å²) in [7, 11) is 0. The fraction of sp³-hybridized carbons (Fsp3) is 0.0952. The smallest absolute Gasteiger partial charge is 0.338 e. The Morgan fingerprint density at radius 1 is 1.13 bits per heavy atom. The van der Waals surface area contributed by atoms with E-state index in [9.17, 15) is 9.59 Å². The van der Waals surface area contributed by atoms with Gasteiger partial charge in [-0.25, -0.2) is 9.78 Å². The average Bonchev–Trinajstić information content (AvgIpc) is 3.36. The first kappa shape index (κ1) is 20.4. The number of hydrogen-bond acceptors (Lipinski definition) is 6. The molecular formula is C21H14Cl2N2O4S. The summed E-state index contributed by atoms with van der Waals surface area (Å²) in [6.45, 7) is 2.05. The molecule has 2 heterocycles. The van der Waals surface area contributed by atoms with Gasteiger partial charge < -0.3 is 9.15 Å². The number of nitrogens with one attached hydrogen (secondary N) is 1. The Hall–Kier alpha value is -2.87. The molecular weight excluding hydrogens is 447 g/mol. The van der Waals surface area contributed by atoms with Crippen LogP contribution in [0.4, 0.5) is 5.13 Å². The van der Waals surface area contributed by atoms with Crippen molar-refractivity contribution in [2.75, 3.05) is 11.9 Å². The minimum atomic E-state index is -0.455. The molecule has 0 fully saturated rings. The van der Waals surface area contributed by atoms with Crippen molar-refractivity contribution in [1.82, 2.24) is 4.98 Å². The quantitative estimate of drug-likeness (QED) is 0.353. The van der Waals surface area contributed by atoms with Crippen LogP contribution in [0.1, 0.15) is 27.8 Å². The Balaban J connectivity index is 1.54. The van der Waals surface area contributed by atoms with Gasteiger partial charge in [0, 0.05) is 10.6 Å². The highest BCUT2D eigenvalue weighted by Crippen LogP contribution is 2.32. The van der Waals surface area contributed by atoms with Gasteiger partial charge >= 0.3 is 5.97 Å². The van der Waals surface area contributed by atoms with Crippen molar-refractivity contribution in [3.8, 4) is 11.3 Å². The largest absolute Gasteiger partial charge is 0.462 e. The van der Waals surface area contributed by atoms with Crippen molar-refractivity contribution in [2.45, 2.75) is 6.92 Å². The molecule has 152 valence electrons. The van der Waals surface area contributed by atoms with Crippen molar-refractivity contribution in [3.05, 3.63) is 69.9 Å². The fourth-order valence-corrected chi connectivity index (χ4v) is 4.05. The molecule has 0 spiro atoms. The second kappa shape index (κ2) is 8.47. The van der Waals surface area contributed by atoms with E-state index in [0.29, 0.717) is 44.2 Å². The number of carbonyl (C=O) groups excluding carboxylic acids is 2. The summed E-state index contributed by atoms with van der Waals surface area (Å²) in [5.41, 5.74) is 1.68. The van der Waals surface area contributed by atoms with E-state index in [2.05, 4.69) is 10.3 Å². The minimum absolute atomic E-state index is 0.104. The molecule has 0 aliphatic heterocycles. The lowest BCUT2D eigenvalue weighted by molar-refractivity contribution is 0.0526. The Morgan fingerprint density at radius 2 is 1.97 bits per heavy atom. The summed E-state index contributed by atoms with van der Waals surface area (Å²) in [5.74, 6) is -0.325. The first-order chi connectivity index (χ1) is 14.4. The van der Waals surface area contributed by atoms with Crippen molar-refractivity contribution < 1.29 is 18.7 Å². The van der Waals surface area contributed by atoms with E-state index in [1.54, 1.807) is 55.5 Å². The normalized spacial score (nSPS) is 10.9. The maximum Gasteiger partial charge on any atom is 0.338 e. The predicted molar refractivity (Wildman–Crippen MR) is 118 cm³/mol. The highest BCUT2D eigenvalue weighted by atomic mass is 35.5. The van der Waals surface area contributed by atoms with Crippen molar-refractivity contribution >= 4 is 61.8 Å². The molecule has 4 rings (SSSR count). The van der Waals surface area contributed by atoms with Gasteiger partial charge in [-0.15, -0.1) is 0 Å². The third-order valence-corrected chi connectivity index (χ3v) is 5.64. The third-order valence-electron chi connectivity index (χ3n) is 4.14. The number of esters is 1. The second-order valence-electron chi connectivity index (χ2n) is 6.16. The van der Waals surface area contributed by atoms with Crippen LogP contribution in [0, 0.1) is 0 Å². The molecule has 6 nitrogen and oxygen atoms in total. The molecule has 0 saturated carbocycles. The zero-order valence-electron chi connectivity index (χ0n) is 15.6. The van der Waals surface area contributed by atoms with E-state index in [-0.39, 0.29) is 5.76 Å². The molecule has 0 bridgehead atoms. The van der Waals surface area contributed by atoms with Crippen LogP contribution in [-0.2, 0) is 4.74 Å². The van der Waals surface area contributed by atoms with Gasteiger partial charge in [0.2, 0.25) is 0 Å². The second-order valence-corrected chi connectivity index (χ2v) is 8.04. The Labute approximate surface area is 185 Å². The van der Waals surface area contributed by atoms with E-state index < -0.39 is 11.9 Å². The van der Waals surface area contributed by atoms with E-state index in [0.717, 1.165) is 4.70 Å². The van der Waals surface area contributed by atoms with E-state index in [1.165, 1.54) is 11.3 Å². The molecule has 9 heteroatoms. The van der Waals surface area contributed by atoms with Crippen LogP contribution in [0.2, 0.25) is 10.0 Å². The minimum Gasteiger partial charge on any atom is -0.462 e. The first-order valence-corrected chi connectivity index (χ1v) is 10.5. The first-order valence-electron chi connectivity index (χ1n) is 8.89. The van der Waals surface area contributed by atoms with Crippen LogP contribution in [-0.4, -0.2) is 23.5 Å². The van der Waals surface area contributed by atoms with Crippen LogP contribution in [0.25, 0.3) is 21.5 Å². The average molecular weight is 461 g/mol. The predicted octanol–water partition coefficient (Wildman–Crippen LogP) is 6.29. The molecule has 0 unspecified atom stereocenters. The number of furan rings is 1. The Bertz CT molecular complexity index is 1270. The molecule has 30 heavy (non-hydrogen) atoms. The molecule has 0 radical (unpaired) electrons. The van der Waals surface area contributed by atoms with Gasteiger partial charge in [0.1, 0.15) is 5.76 Å². The number of nitrogens with zero attached hydrogens (tertiary/aromatic N) is 1. The van der Waals surface area contributed by atoms with Crippen molar-refractivity contribution in [2.24, 2.45) is 0 Å². The molecule has 1 N–H and O–H groups in total. The van der Waals surface area contributed by atoms with Gasteiger partial charge in [0.15, 0.2) is 10.9 Å². The molecule has 1 amide bonds. The van der Waals surface area contributed by atoms with E-state index in [1.807, 2.05) is 0 Å². The maximum atomic E-state index is 12.6. The molecule has 4 aromatic rings. The number of ether oxygens (including phenoxy) is 1. The highest BCUT2D eigenvalue weighted by molar-refractivity contribution is 7.22. The summed E-state index contributed by atoms with van der Waals surface area (Å²) < 4.78 is 11.4. The monoisotopic (exact) mass is 460 g/mol. The van der Waals surface area contributed by atoms with Crippen LogP contribution in [0.5, 0.6) is 0 Å². The van der Waals surface area contributed by atoms with Crippen molar-refractivity contribution in [3.63, 3.8) is 0 Å². The van der Waals surface area contributed by atoms with Gasteiger partial charge in [-0.3, -0.25) is 10.1 Å². The van der Waals surface area contributed by atoms with Crippen molar-refractivity contribution in [1.29, 1.82) is 0 Å². The number of thiazole rings is 1. The SMILES string of the molecule is CCOC(=O)c1ccc2nc(NC(=O)c3ccc(-c4cc(Cl)ccc4Cl)o3)sc2c1. The van der Waals surface area contributed by atoms with Crippen LogP contribution in [0.3, 0.4) is 0 Å². The highest BCUT2D eigenvalue weighted by Gasteiger charge is 2.17. The van der Waals surface area contributed by atoms with Crippen LogP contribution >= 0.6 is 34.5 Å². The number of rotatable bonds is 5. The lowest BCUT2D eigenvalue weighted by Crippen LogP contribution is -2.10. The standard InChI is InChI=1S/C21H14Cl2N2O4S/c1-2-28-20(27)11-3-6-15-18(9-11)30-21(24-15)25-19(26)17-8-7-16(29-17)13-10-12(22)4-5-14(13)23/h3-10H,2H2,1H3,(H,24,25,26). The number of aromatic nitrogens is 1. The molecule has 2 aromatic heterocycles. The van der Waals surface area contributed by atoms with Crippen LogP contribution in [0.15, 0.2) is 52.9 Å². The fourth-order valence-electron chi connectivity index (χ4n) is 2.77. The zero-order valence-corrected chi connectivity index (χ0v) is 17.9. The number of carbonyl (C=O) groups is 2. The van der Waals surface area contributed by atoms with Gasteiger partial charge in [0.25, 0.3) is 5.91 Å². The summed E-state index contributed by atoms with van der Waals surface area (Å²) in [6.07, 6.45) is 0. The summed E-state index contributed by atoms with van der Waals surface area (Å²) >= 11 is 13.5. The lowest BCUT2D eigenvalue weighted by Gasteiger charge is -2.02. The van der Waals surface area contributed by atoms with Gasteiger partial charge in [-0.1, -0.05) is 34.5 Å². The zero-order chi connectivity index (χ0) is 21.3. The van der Waals surface area contributed by atoms with E-state index in [4.69, 9.17) is 32.4 Å². The van der Waals surface area contributed by atoms with Gasteiger partial charge in [-0.05, 0) is 55.5 Å². The van der Waals surface area contributed by atoms with Crippen LogP contribution < -0.4 is 5.32 Å². The third kappa shape index (κ3) is 4.18. The molecule has 0 atom stereocenters. The molecule has 2 aromatic carbocycles. The maximum absolute atomic E-state index is 12.6. The number of amides is 1.